The third-order valence-electron chi connectivity index (χ3n) is 5.06. The predicted octanol–water partition coefficient (Wildman–Crippen LogP) is 2.15. The molecule has 0 aliphatic heterocycles. The number of anilines is 1. The number of thiophene rings is 1. The summed E-state index contributed by atoms with van der Waals surface area (Å²) in [7, 11) is 0. The number of nitrogens with one attached hydrogen (secondary N) is 3. The minimum absolute atomic E-state index is 0.117. The Bertz CT molecular complexity index is 1340. The largest absolute Gasteiger partial charge is 0.324 e. The number of carbonyl (C=O) groups excluding carboxylic acids is 1. The van der Waals surface area contributed by atoms with Crippen LogP contribution < -0.4 is 16.6 Å². The number of imidazole rings is 1. The Morgan fingerprint density at radius 2 is 2.00 bits per heavy atom. The van der Waals surface area contributed by atoms with Gasteiger partial charge in [-0.15, -0.1) is 11.3 Å². The third kappa shape index (κ3) is 2.84. The molecule has 0 spiro atoms. The Kier molecular flexibility index (Phi) is 3.90. The minimum atomic E-state index is -0.329. The van der Waals surface area contributed by atoms with E-state index in [-0.39, 0.29) is 23.7 Å². The van der Waals surface area contributed by atoms with Crippen LogP contribution >= 0.6 is 11.3 Å². The van der Waals surface area contributed by atoms with E-state index < -0.39 is 0 Å². The van der Waals surface area contributed by atoms with Crippen LogP contribution in [-0.2, 0) is 24.2 Å². The lowest BCUT2D eigenvalue weighted by Gasteiger charge is -2.10. The van der Waals surface area contributed by atoms with Gasteiger partial charge < -0.3 is 15.3 Å². The molecule has 0 radical (unpaired) electrons. The van der Waals surface area contributed by atoms with Crippen molar-refractivity contribution in [3.63, 3.8) is 0 Å². The van der Waals surface area contributed by atoms with E-state index in [0.717, 1.165) is 36.1 Å². The second-order valence-corrected chi connectivity index (χ2v) is 8.04. The summed E-state index contributed by atoms with van der Waals surface area (Å²) in [5, 5.41) is 3.43. The average Bonchev–Trinajstić information content (AvgIpc) is 3.23. The first-order valence-corrected chi connectivity index (χ1v) is 9.92. The molecule has 0 saturated carbocycles. The molecule has 0 saturated heterocycles. The van der Waals surface area contributed by atoms with E-state index in [9.17, 15) is 14.4 Å². The van der Waals surface area contributed by atoms with Crippen LogP contribution in [0.2, 0.25) is 0 Å². The van der Waals surface area contributed by atoms with Gasteiger partial charge in [0.05, 0.1) is 22.7 Å². The topological polar surface area (TPSA) is 113 Å². The average molecular weight is 395 g/mol. The van der Waals surface area contributed by atoms with E-state index in [1.807, 2.05) is 0 Å². The number of nitrogens with zero attached hydrogens (tertiary/aromatic N) is 2. The van der Waals surface area contributed by atoms with Crippen molar-refractivity contribution in [2.24, 2.45) is 0 Å². The Hall–Kier alpha value is -3.20. The monoisotopic (exact) mass is 395 g/mol. The van der Waals surface area contributed by atoms with Gasteiger partial charge >= 0.3 is 5.69 Å². The molecule has 28 heavy (non-hydrogen) atoms. The molecule has 4 aromatic rings. The second-order valence-electron chi connectivity index (χ2n) is 6.96. The van der Waals surface area contributed by atoms with E-state index in [1.165, 1.54) is 15.8 Å². The van der Waals surface area contributed by atoms with E-state index >= 15 is 0 Å². The molecule has 9 heteroatoms. The third-order valence-corrected chi connectivity index (χ3v) is 6.26. The second kappa shape index (κ2) is 6.45. The maximum Gasteiger partial charge on any atom is 0.323 e. The first-order chi connectivity index (χ1) is 13.6. The van der Waals surface area contributed by atoms with Crippen molar-refractivity contribution in [3.8, 4) is 0 Å². The van der Waals surface area contributed by atoms with Crippen LogP contribution in [-0.4, -0.2) is 25.4 Å². The van der Waals surface area contributed by atoms with Crippen LogP contribution in [0.25, 0.3) is 21.3 Å². The van der Waals surface area contributed by atoms with Gasteiger partial charge in [-0.2, -0.15) is 0 Å². The molecule has 0 bridgehead atoms. The van der Waals surface area contributed by atoms with Crippen LogP contribution in [0, 0.1) is 0 Å². The number of hydrogen-bond acceptors (Lipinski definition) is 5. The molecule has 1 aliphatic rings. The molecule has 1 aliphatic carbocycles. The lowest BCUT2D eigenvalue weighted by molar-refractivity contribution is -0.116. The quantitative estimate of drug-likeness (QED) is 0.493. The first-order valence-electron chi connectivity index (χ1n) is 9.10. The molecule has 3 heterocycles. The van der Waals surface area contributed by atoms with Crippen molar-refractivity contribution < 1.29 is 4.79 Å². The number of aryl methyl sites for hydroxylation is 2. The molecular formula is C19H17N5O3S. The zero-order valence-corrected chi connectivity index (χ0v) is 15.7. The van der Waals surface area contributed by atoms with Crippen molar-refractivity contribution in [3.05, 3.63) is 55.8 Å². The smallest absolute Gasteiger partial charge is 0.323 e. The summed E-state index contributed by atoms with van der Waals surface area (Å²) in [6.07, 6.45) is 5.57. The minimum Gasteiger partial charge on any atom is -0.324 e. The summed E-state index contributed by atoms with van der Waals surface area (Å²) in [6.45, 7) is -0.117. The van der Waals surface area contributed by atoms with Gasteiger partial charge in [0.2, 0.25) is 5.91 Å². The van der Waals surface area contributed by atoms with Gasteiger partial charge in [0.1, 0.15) is 11.4 Å². The standard InChI is InChI=1S/C19H17N5O3S/c25-15(21-10-5-6-12-13(7-10)23-19(27)22-12)8-24-9-20-17-16(18(24)26)11-3-1-2-4-14(11)28-17/h5-7,9H,1-4,8H2,(H,21,25)(H2,22,23,27). The Morgan fingerprint density at radius 1 is 1.18 bits per heavy atom. The molecule has 0 fully saturated rings. The van der Waals surface area contributed by atoms with Gasteiger partial charge in [-0.1, -0.05) is 0 Å². The number of fused-ring (bicyclic) bond motifs is 4. The lowest BCUT2D eigenvalue weighted by Crippen LogP contribution is -2.28. The molecule has 1 amide bonds. The number of amides is 1. The Labute approximate surface area is 162 Å². The number of H-pyrrole nitrogens is 2. The molecule has 0 atom stereocenters. The first kappa shape index (κ1) is 16.9. The lowest BCUT2D eigenvalue weighted by atomic mass is 9.97. The summed E-state index contributed by atoms with van der Waals surface area (Å²) in [5.41, 5.74) is 2.46. The van der Waals surface area contributed by atoms with Crippen LogP contribution in [0.3, 0.4) is 0 Å². The van der Waals surface area contributed by atoms with Gasteiger partial charge in [0, 0.05) is 10.6 Å². The van der Waals surface area contributed by atoms with Crippen molar-refractivity contribution in [2.45, 2.75) is 32.2 Å². The summed E-state index contributed by atoms with van der Waals surface area (Å²) in [5.74, 6) is -0.329. The summed E-state index contributed by atoms with van der Waals surface area (Å²) < 4.78 is 1.36. The highest BCUT2D eigenvalue weighted by Gasteiger charge is 2.20. The number of benzene rings is 1. The number of aromatic amines is 2. The normalized spacial score (nSPS) is 13.7. The molecular weight excluding hydrogens is 378 g/mol. The van der Waals surface area contributed by atoms with E-state index in [2.05, 4.69) is 20.3 Å². The van der Waals surface area contributed by atoms with Crippen molar-refractivity contribution in [2.75, 3.05) is 5.32 Å². The fourth-order valence-corrected chi connectivity index (χ4v) is 4.98. The summed E-state index contributed by atoms with van der Waals surface area (Å²) in [4.78, 5) is 48.5. The highest BCUT2D eigenvalue weighted by atomic mass is 32.1. The van der Waals surface area contributed by atoms with Crippen LogP contribution in [0.15, 0.2) is 34.1 Å². The Morgan fingerprint density at radius 3 is 2.89 bits per heavy atom. The van der Waals surface area contributed by atoms with Gasteiger partial charge in [-0.3, -0.25) is 14.2 Å². The van der Waals surface area contributed by atoms with Crippen LogP contribution in [0.4, 0.5) is 5.69 Å². The van der Waals surface area contributed by atoms with E-state index in [1.54, 1.807) is 29.5 Å². The van der Waals surface area contributed by atoms with E-state index in [0.29, 0.717) is 22.1 Å². The molecule has 8 nitrogen and oxygen atoms in total. The van der Waals surface area contributed by atoms with Gasteiger partial charge in [0.15, 0.2) is 0 Å². The predicted molar refractivity (Wildman–Crippen MR) is 108 cm³/mol. The number of hydrogen-bond donors (Lipinski definition) is 3. The number of aromatic nitrogens is 4. The molecule has 1 aromatic carbocycles. The van der Waals surface area contributed by atoms with Gasteiger partial charge in [-0.05, 0) is 49.4 Å². The SMILES string of the molecule is O=C(Cn1cnc2sc3c(c2c1=O)CCCC3)Nc1ccc2[nH]c(=O)[nH]c2c1. The summed E-state index contributed by atoms with van der Waals surface area (Å²) >= 11 is 1.59. The van der Waals surface area contributed by atoms with Crippen molar-refractivity contribution in [1.82, 2.24) is 19.5 Å². The maximum absolute atomic E-state index is 12.9. The zero-order valence-electron chi connectivity index (χ0n) is 14.9. The van der Waals surface area contributed by atoms with Crippen molar-refractivity contribution >= 4 is 44.2 Å². The number of carbonyl (C=O) groups is 1. The molecule has 142 valence electrons. The zero-order chi connectivity index (χ0) is 19.3. The fraction of sp³-hybridized carbons (Fsp3) is 0.263. The molecule has 3 aromatic heterocycles. The van der Waals surface area contributed by atoms with E-state index in [4.69, 9.17) is 0 Å². The van der Waals surface area contributed by atoms with Crippen molar-refractivity contribution in [1.29, 1.82) is 0 Å². The Balaban J connectivity index is 1.42. The van der Waals surface area contributed by atoms with Gasteiger partial charge in [0.25, 0.3) is 5.56 Å². The fourth-order valence-electron chi connectivity index (χ4n) is 3.76. The molecule has 5 rings (SSSR count). The highest BCUT2D eigenvalue weighted by Crippen LogP contribution is 2.33. The van der Waals surface area contributed by atoms with Gasteiger partial charge in [-0.25, -0.2) is 9.78 Å². The maximum atomic E-state index is 12.9. The van der Waals surface area contributed by atoms with Crippen LogP contribution in [0.5, 0.6) is 0 Å². The summed E-state index contributed by atoms with van der Waals surface area (Å²) in [6, 6.07) is 5.08. The molecule has 0 unspecified atom stereocenters. The molecule has 3 N–H and O–H groups in total. The van der Waals surface area contributed by atoms with Crippen LogP contribution in [0.1, 0.15) is 23.3 Å². The number of rotatable bonds is 3. The highest BCUT2D eigenvalue weighted by molar-refractivity contribution is 7.18.